The van der Waals surface area contributed by atoms with Gasteiger partial charge in [0.05, 0.1) is 19.1 Å². The Labute approximate surface area is 239 Å². The Hall–Kier alpha value is -3.58. The molecule has 3 rings (SSSR count). The van der Waals surface area contributed by atoms with E-state index in [9.17, 15) is 33.5 Å². The number of likely N-dealkylation sites (N-methyl/N-ethyl adjacent to an activating group) is 1. The summed E-state index contributed by atoms with van der Waals surface area (Å²) in [5.41, 5.74) is 0.415. The van der Waals surface area contributed by atoms with Gasteiger partial charge in [-0.3, -0.25) is 24.0 Å². The Balaban J connectivity index is 1.91. The number of carbonyl (C=O) groups is 5. The minimum atomic E-state index is -1.37. The molecule has 1 aromatic carbocycles. The molecule has 2 fully saturated rings. The van der Waals surface area contributed by atoms with Crippen molar-refractivity contribution in [3.05, 3.63) is 35.6 Å². The lowest BCUT2D eigenvalue weighted by molar-refractivity contribution is -0.138. The third kappa shape index (κ3) is 8.95. The molecule has 5 N–H and O–H groups in total. The second-order valence-electron chi connectivity index (χ2n) is 10.8. The van der Waals surface area contributed by atoms with E-state index in [2.05, 4.69) is 26.2 Å². The molecule has 0 radical (unpaired) electrons. The Kier molecular flexibility index (Phi) is 11.6. The van der Waals surface area contributed by atoms with Crippen LogP contribution < -0.4 is 21.3 Å². The van der Waals surface area contributed by atoms with Gasteiger partial charge in [0.25, 0.3) is 0 Å². The van der Waals surface area contributed by atoms with E-state index in [0.717, 1.165) is 6.54 Å². The van der Waals surface area contributed by atoms with E-state index in [4.69, 9.17) is 0 Å². The molecule has 41 heavy (non-hydrogen) atoms. The molecule has 5 amide bonds. The monoisotopic (exact) mass is 576 g/mol. The zero-order chi connectivity index (χ0) is 30.1. The van der Waals surface area contributed by atoms with Crippen molar-refractivity contribution >= 4 is 29.5 Å². The Bertz CT molecular complexity index is 1090. The Morgan fingerprint density at radius 1 is 0.951 bits per heavy atom. The van der Waals surface area contributed by atoms with Crippen LogP contribution in [0.5, 0.6) is 0 Å². The Morgan fingerprint density at radius 2 is 1.61 bits per heavy atom. The molecule has 1 aromatic rings. The van der Waals surface area contributed by atoms with Gasteiger partial charge in [0, 0.05) is 32.6 Å². The molecule has 2 aliphatic rings. The summed E-state index contributed by atoms with van der Waals surface area (Å²) < 4.78 is 13.6. The van der Waals surface area contributed by atoms with Gasteiger partial charge in [-0.25, -0.2) is 4.39 Å². The molecule has 2 aliphatic heterocycles. The number of halogens is 1. The standard InChI is InChI=1S/C28H41FN6O6/c1-4-34-11-13-35(14-12-34)28(41)20-9-10-23(37)33-25(17(2)3)27(40)32-22(16-36)26(39)31-21(15-24(38)30-20)18-5-7-19(29)8-6-18/h5-8,17,20-22,25,36H,4,9-16H2,1-3H3,(H,30,38)(H,31,39)(H,32,40)(H,33,37)/t20-,21+,22-,25+/m0/s1. The van der Waals surface area contributed by atoms with Crippen LogP contribution in [0.4, 0.5) is 4.39 Å². The van der Waals surface area contributed by atoms with Gasteiger partial charge >= 0.3 is 0 Å². The third-order valence-corrected chi connectivity index (χ3v) is 7.48. The van der Waals surface area contributed by atoms with E-state index >= 15 is 0 Å². The van der Waals surface area contributed by atoms with Gasteiger partial charge in [0.2, 0.25) is 29.5 Å². The van der Waals surface area contributed by atoms with Crippen LogP contribution in [0.1, 0.15) is 51.6 Å². The van der Waals surface area contributed by atoms with Crippen molar-refractivity contribution in [2.75, 3.05) is 39.3 Å². The first-order valence-corrected chi connectivity index (χ1v) is 14.1. The van der Waals surface area contributed by atoms with Gasteiger partial charge in [-0.15, -0.1) is 0 Å². The SMILES string of the molecule is CCN1CCN(C(=O)[C@@H]2CCC(=O)N[C@H](C(C)C)C(=O)N[C@@H](CO)C(=O)N[C@@H](c3ccc(F)cc3)CC(=O)N2)CC1. The molecule has 12 nitrogen and oxygen atoms in total. The van der Waals surface area contributed by atoms with Crippen LogP contribution in [-0.2, 0) is 24.0 Å². The number of carbonyl (C=O) groups excluding carboxylic acids is 5. The van der Waals surface area contributed by atoms with Crippen LogP contribution in [0.2, 0.25) is 0 Å². The van der Waals surface area contributed by atoms with Gasteiger partial charge in [-0.05, 0) is 36.6 Å². The number of piperazine rings is 1. The van der Waals surface area contributed by atoms with Crippen LogP contribution >= 0.6 is 0 Å². The summed E-state index contributed by atoms with van der Waals surface area (Å²) >= 11 is 0. The van der Waals surface area contributed by atoms with Crippen LogP contribution in [0.25, 0.3) is 0 Å². The lowest BCUT2D eigenvalue weighted by Crippen LogP contribution is -2.56. The number of benzene rings is 1. The molecule has 2 saturated heterocycles. The van der Waals surface area contributed by atoms with Crippen molar-refractivity contribution in [3.63, 3.8) is 0 Å². The molecule has 0 spiro atoms. The van der Waals surface area contributed by atoms with Crippen LogP contribution in [0, 0.1) is 11.7 Å². The lowest BCUT2D eigenvalue weighted by atomic mass is 10.0. The van der Waals surface area contributed by atoms with E-state index in [1.807, 2.05) is 6.92 Å². The van der Waals surface area contributed by atoms with Crippen molar-refractivity contribution in [1.29, 1.82) is 0 Å². The molecule has 0 bridgehead atoms. The topological polar surface area (TPSA) is 160 Å². The molecule has 0 saturated carbocycles. The third-order valence-electron chi connectivity index (χ3n) is 7.48. The van der Waals surface area contributed by atoms with Gasteiger partial charge in [0.15, 0.2) is 0 Å². The fraction of sp³-hybridized carbons (Fsp3) is 0.607. The zero-order valence-corrected chi connectivity index (χ0v) is 23.8. The molecule has 0 aromatic heterocycles. The highest BCUT2D eigenvalue weighted by atomic mass is 19.1. The fourth-order valence-electron chi connectivity index (χ4n) is 4.93. The van der Waals surface area contributed by atoms with Crippen molar-refractivity contribution in [1.82, 2.24) is 31.1 Å². The quantitative estimate of drug-likeness (QED) is 0.314. The maximum absolute atomic E-state index is 13.6. The number of aliphatic hydroxyl groups is 1. The van der Waals surface area contributed by atoms with Gasteiger partial charge < -0.3 is 36.2 Å². The smallest absolute Gasteiger partial charge is 0.245 e. The van der Waals surface area contributed by atoms with E-state index in [1.165, 1.54) is 24.3 Å². The van der Waals surface area contributed by atoms with Gasteiger partial charge in [-0.2, -0.15) is 0 Å². The molecule has 0 aliphatic carbocycles. The molecule has 2 heterocycles. The zero-order valence-electron chi connectivity index (χ0n) is 23.8. The van der Waals surface area contributed by atoms with Crippen molar-refractivity contribution in [2.24, 2.45) is 5.92 Å². The fourth-order valence-corrected chi connectivity index (χ4v) is 4.93. The highest BCUT2D eigenvalue weighted by Crippen LogP contribution is 2.19. The molecular formula is C28H41FN6O6. The van der Waals surface area contributed by atoms with E-state index in [0.29, 0.717) is 31.7 Å². The maximum Gasteiger partial charge on any atom is 0.245 e. The largest absolute Gasteiger partial charge is 0.394 e. The average molecular weight is 577 g/mol. The second-order valence-corrected chi connectivity index (χ2v) is 10.8. The van der Waals surface area contributed by atoms with Crippen molar-refractivity contribution < 1.29 is 33.5 Å². The summed E-state index contributed by atoms with van der Waals surface area (Å²) in [6, 6.07) is 0.876. The van der Waals surface area contributed by atoms with E-state index < -0.39 is 60.2 Å². The number of amides is 5. The Morgan fingerprint density at radius 3 is 2.20 bits per heavy atom. The lowest BCUT2D eigenvalue weighted by Gasteiger charge is -2.36. The number of hydrogen-bond acceptors (Lipinski definition) is 7. The summed E-state index contributed by atoms with van der Waals surface area (Å²) in [7, 11) is 0. The first-order valence-electron chi connectivity index (χ1n) is 14.1. The minimum Gasteiger partial charge on any atom is -0.394 e. The molecule has 0 unspecified atom stereocenters. The number of rotatable bonds is 5. The summed E-state index contributed by atoms with van der Waals surface area (Å²) in [6.45, 7) is 7.97. The molecule has 4 atom stereocenters. The normalized spacial score (nSPS) is 25.9. The average Bonchev–Trinajstić information content (AvgIpc) is 2.95. The van der Waals surface area contributed by atoms with E-state index in [-0.39, 0.29) is 31.1 Å². The highest BCUT2D eigenvalue weighted by Gasteiger charge is 2.33. The van der Waals surface area contributed by atoms with Gasteiger partial charge in [0.1, 0.15) is 23.9 Å². The van der Waals surface area contributed by atoms with Crippen LogP contribution in [0.15, 0.2) is 24.3 Å². The predicted octanol–water partition coefficient (Wildman–Crippen LogP) is -0.566. The van der Waals surface area contributed by atoms with E-state index in [1.54, 1.807) is 18.7 Å². The second kappa shape index (κ2) is 14.9. The summed E-state index contributed by atoms with van der Waals surface area (Å²) in [6.07, 6.45) is -0.439. The molecular weight excluding hydrogens is 535 g/mol. The first-order chi connectivity index (χ1) is 19.5. The summed E-state index contributed by atoms with van der Waals surface area (Å²) in [5, 5.41) is 20.4. The summed E-state index contributed by atoms with van der Waals surface area (Å²) in [4.78, 5) is 69.7. The number of nitrogens with zero attached hydrogens (tertiary/aromatic N) is 2. The van der Waals surface area contributed by atoms with Crippen LogP contribution in [-0.4, -0.2) is 102 Å². The van der Waals surface area contributed by atoms with Crippen molar-refractivity contribution in [3.8, 4) is 0 Å². The number of aliphatic hydroxyl groups excluding tert-OH is 1. The highest BCUT2D eigenvalue weighted by molar-refractivity contribution is 5.93. The predicted molar refractivity (Wildman–Crippen MR) is 148 cm³/mol. The first kappa shape index (κ1) is 31.9. The van der Waals surface area contributed by atoms with Crippen molar-refractivity contribution in [2.45, 2.75) is 64.2 Å². The molecule has 226 valence electrons. The van der Waals surface area contributed by atoms with Gasteiger partial charge in [-0.1, -0.05) is 32.9 Å². The number of nitrogens with one attached hydrogen (secondary N) is 4. The maximum atomic E-state index is 13.6. The van der Waals surface area contributed by atoms with Crippen LogP contribution in [0.3, 0.4) is 0 Å². The molecule has 13 heteroatoms. The minimum absolute atomic E-state index is 0.00364. The number of hydrogen-bond donors (Lipinski definition) is 5. The summed E-state index contributed by atoms with van der Waals surface area (Å²) in [5.74, 6) is -3.66.